The van der Waals surface area contributed by atoms with E-state index in [1.165, 1.54) is 4.90 Å². The van der Waals surface area contributed by atoms with Crippen LogP contribution in [0.2, 0.25) is 0 Å². The Kier molecular flexibility index (Phi) is 5.16. The smallest absolute Gasteiger partial charge is 0.123 e. The van der Waals surface area contributed by atoms with Crippen molar-refractivity contribution >= 4 is 33.4 Å². The molecule has 0 heterocycles. The van der Waals surface area contributed by atoms with Gasteiger partial charge in [0.25, 0.3) is 0 Å². The van der Waals surface area contributed by atoms with E-state index in [4.69, 9.17) is 4.74 Å². The average molecular weight is 338 g/mol. The zero-order chi connectivity index (χ0) is 13.7. The molecular weight excluding hydrogens is 322 g/mol. The molecule has 4 heteroatoms. The fourth-order valence-corrected chi connectivity index (χ4v) is 2.68. The first-order valence-corrected chi connectivity index (χ1v) is 7.95. The minimum absolute atomic E-state index is 0.737. The van der Waals surface area contributed by atoms with Crippen LogP contribution in [0.1, 0.15) is 5.56 Å². The van der Waals surface area contributed by atoms with E-state index >= 15 is 0 Å². The SMILES string of the molecule is COc1ccc(Br)cc1CNc1cccc(SC)c1. The van der Waals surface area contributed by atoms with E-state index in [1.54, 1.807) is 18.9 Å². The Morgan fingerprint density at radius 3 is 2.79 bits per heavy atom. The van der Waals surface area contributed by atoms with E-state index in [0.29, 0.717) is 0 Å². The second-order valence-electron chi connectivity index (χ2n) is 4.04. The van der Waals surface area contributed by atoms with Gasteiger partial charge in [-0.15, -0.1) is 11.8 Å². The van der Waals surface area contributed by atoms with Gasteiger partial charge in [-0.05, 0) is 42.7 Å². The second kappa shape index (κ2) is 6.87. The summed E-state index contributed by atoms with van der Waals surface area (Å²) < 4.78 is 6.43. The molecule has 0 spiro atoms. The standard InChI is InChI=1S/C15H16BrNOS/c1-18-15-7-6-12(16)8-11(15)10-17-13-4-3-5-14(9-13)19-2/h3-9,17H,10H2,1-2H3. The lowest BCUT2D eigenvalue weighted by molar-refractivity contribution is 0.410. The van der Waals surface area contributed by atoms with Crippen LogP contribution in [0.5, 0.6) is 5.75 Å². The van der Waals surface area contributed by atoms with Crippen molar-refractivity contribution in [1.29, 1.82) is 0 Å². The fraction of sp³-hybridized carbons (Fsp3) is 0.200. The van der Waals surface area contributed by atoms with Crippen LogP contribution in [0.15, 0.2) is 51.8 Å². The van der Waals surface area contributed by atoms with Crippen molar-refractivity contribution in [2.75, 3.05) is 18.7 Å². The zero-order valence-electron chi connectivity index (χ0n) is 10.9. The van der Waals surface area contributed by atoms with Crippen molar-refractivity contribution < 1.29 is 4.74 Å². The molecule has 0 aliphatic heterocycles. The highest BCUT2D eigenvalue weighted by Crippen LogP contribution is 2.25. The van der Waals surface area contributed by atoms with Gasteiger partial charge in [0, 0.05) is 27.2 Å². The largest absolute Gasteiger partial charge is 0.496 e. The van der Waals surface area contributed by atoms with Gasteiger partial charge in [0.2, 0.25) is 0 Å². The molecule has 0 fully saturated rings. The highest BCUT2D eigenvalue weighted by Gasteiger charge is 2.03. The fourth-order valence-electron chi connectivity index (χ4n) is 1.82. The molecule has 0 aromatic heterocycles. The van der Waals surface area contributed by atoms with Gasteiger partial charge in [-0.1, -0.05) is 22.0 Å². The van der Waals surface area contributed by atoms with Crippen molar-refractivity contribution in [3.05, 3.63) is 52.5 Å². The molecule has 0 saturated carbocycles. The molecule has 2 aromatic carbocycles. The summed E-state index contributed by atoms with van der Waals surface area (Å²) in [6.45, 7) is 0.737. The van der Waals surface area contributed by atoms with Gasteiger partial charge in [-0.2, -0.15) is 0 Å². The van der Waals surface area contributed by atoms with E-state index in [0.717, 1.165) is 28.0 Å². The van der Waals surface area contributed by atoms with E-state index in [1.807, 2.05) is 12.1 Å². The number of rotatable bonds is 5. The van der Waals surface area contributed by atoms with Gasteiger partial charge >= 0.3 is 0 Å². The van der Waals surface area contributed by atoms with Crippen molar-refractivity contribution in [2.24, 2.45) is 0 Å². The van der Waals surface area contributed by atoms with Gasteiger partial charge in [0.15, 0.2) is 0 Å². The van der Waals surface area contributed by atoms with Crippen molar-refractivity contribution in [2.45, 2.75) is 11.4 Å². The number of thioether (sulfide) groups is 1. The summed E-state index contributed by atoms with van der Waals surface area (Å²) in [4.78, 5) is 1.26. The van der Waals surface area contributed by atoms with Gasteiger partial charge in [-0.3, -0.25) is 0 Å². The molecule has 100 valence electrons. The number of methoxy groups -OCH3 is 1. The molecule has 0 aliphatic carbocycles. The van der Waals surface area contributed by atoms with Gasteiger partial charge < -0.3 is 10.1 Å². The summed E-state index contributed by atoms with van der Waals surface area (Å²) in [5.41, 5.74) is 2.25. The summed E-state index contributed by atoms with van der Waals surface area (Å²) in [7, 11) is 1.70. The van der Waals surface area contributed by atoms with Gasteiger partial charge in [0.05, 0.1) is 7.11 Å². The van der Waals surface area contributed by atoms with Crippen LogP contribution in [0.4, 0.5) is 5.69 Å². The molecular formula is C15H16BrNOS. The lowest BCUT2D eigenvalue weighted by atomic mass is 10.2. The van der Waals surface area contributed by atoms with E-state index < -0.39 is 0 Å². The van der Waals surface area contributed by atoms with Crippen LogP contribution in [0, 0.1) is 0 Å². The number of hydrogen-bond donors (Lipinski definition) is 1. The number of nitrogens with one attached hydrogen (secondary N) is 1. The van der Waals surface area contributed by atoms with Crippen LogP contribution in [0.3, 0.4) is 0 Å². The monoisotopic (exact) mass is 337 g/mol. The molecule has 0 bridgehead atoms. The number of benzene rings is 2. The summed E-state index contributed by atoms with van der Waals surface area (Å²) in [6.07, 6.45) is 2.08. The lowest BCUT2D eigenvalue weighted by Gasteiger charge is -2.11. The molecule has 0 saturated heterocycles. The third kappa shape index (κ3) is 3.91. The highest BCUT2D eigenvalue weighted by atomic mass is 79.9. The van der Waals surface area contributed by atoms with Crippen molar-refractivity contribution in [3.8, 4) is 5.75 Å². The van der Waals surface area contributed by atoms with Gasteiger partial charge in [-0.25, -0.2) is 0 Å². The van der Waals surface area contributed by atoms with Gasteiger partial charge in [0.1, 0.15) is 5.75 Å². The number of ether oxygens (including phenoxy) is 1. The van der Waals surface area contributed by atoms with E-state index in [2.05, 4.69) is 57.8 Å². The number of halogens is 1. The molecule has 0 amide bonds. The van der Waals surface area contributed by atoms with E-state index in [9.17, 15) is 0 Å². The first-order chi connectivity index (χ1) is 9.22. The molecule has 2 nitrogen and oxygen atoms in total. The van der Waals surface area contributed by atoms with Crippen LogP contribution >= 0.6 is 27.7 Å². The van der Waals surface area contributed by atoms with Crippen LogP contribution < -0.4 is 10.1 Å². The second-order valence-corrected chi connectivity index (χ2v) is 5.84. The summed E-state index contributed by atoms with van der Waals surface area (Å²) >= 11 is 5.23. The van der Waals surface area contributed by atoms with Crippen LogP contribution in [0.25, 0.3) is 0 Å². The molecule has 0 aliphatic rings. The quantitative estimate of drug-likeness (QED) is 0.792. The molecule has 0 atom stereocenters. The average Bonchev–Trinajstić information content (AvgIpc) is 2.45. The van der Waals surface area contributed by atoms with Crippen molar-refractivity contribution in [1.82, 2.24) is 0 Å². The Morgan fingerprint density at radius 1 is 1.21 bits per heavy atom. The molecule has 19 heavy (non-hydrogen) atoms. The molecule has 2 aromatic rings. The molecule has 2 rings (SSSR count). The maximum Gasteiger partial charge on any atom is 0.123 e. The first-order valence-electron chi connectivity index (χ1n) is 5.93. The van der Waals surface area contributed by atoms with Crippen LogP contribution in [-0.4, -0.2) is 13.4 Å². The number of anilines is 1. The zero-order valence-corrected chi connectivity index (χ0v) is 13.3. The van der Waals surface area contributed by atoms with Crippen molar-refractivity contribution in [3.63, 3.8) is 0 Å². The summed E-state index contributed by atoms with van der Waals surface area (Å²) in [5, 5.41) is 3.42. The summed E-state index contributed by atoms with van der Waals surface area (Å²) in [5.74, 6) is 0.900. The topological polar surface area (TPSA) is 21.3 Å². The normalized spacial score (nSPS) is 10.3. The maximum atomic E-state index is 5.37. The van der Waals surface area contributed by atoms with E-state index in [-0.39, 0.29) is 0 Å². The third-order valence-electron chi connectivity index (χ3n) is 2.80. The van der Waals surface area contributed by atoms with Crippen LogP contribution in [-0.2, 0) is 6.54 Å². The Bertz CT molecular complexity index is 560. The molecule has 0 unspecified atom stereocenters. The minimum atomic E-state index is 0.737. The minimum Gasteiger partial charge on any atom is -0.496 e. The predicted molar refractivity (Wildman–Crippen MR) is 86.2 cm³/mol. The number of hydrogen-bond acceptors (Lipinski definition) is 3. The predicted octanol–water partition coefficient (Wildman–Crippen LogP) is 4.79. The maximum absolute atomic E-state index is 5.37. The molecule has 1 N–H and O–H groups in total. The Morgan fingerprint density at radius 2 is 2.05 bits per heavy atom. The lowest BCUT2D eigenvalue weighted by Crippen LogP contribution is -2.01. The summed E-state index contributed by atoms with van der Waals surface area (Å²) in [6, 6.07) is 14.4. The Hall–Kier alpha value is -1.13. The Balaban J connectivity index is 2.11. The highest BCUT2D eigenvalue weighted by molar-refractivity contribution is 9.10. The third-order valence-corrected chi connectivity index (χ3v) is 4.01. The Labute approximate surface area is 126 Å². The molecule has 0 radical (unpaired) electrons. The first kappa shape index (κ1) is 14.3.